The number of benzene rings is 3. The van der Waals surface area contributed by atoms with E-state index in [0.29, 0.717) is 16.1 Å². The summed E-state index contributed by atoms with van der Waals surface area (Å²) >= 11 is 11.8. The molecule has 2 fully saturated rings. The van der Waals surface area contributed by atoms with Gasteiger partial charge >= 0.3 is 0 Å². The number of anilines is 3. The maximum absolute atomic E-state index is 5.96. The fourth-order valence-electron chi connectivity index (χ4n) is 6.41. The quantitative estimate of drug-likeness (QED) is 0.192. The van der Waals surface area contributed by atoms with Crippen molar-refractivity contribution >= 4 is 46.6 Å². The lowest BCUT2D eigenvalue weighted by atomic mass is 9.98. The molecule has 4 aromatic rings. The van der Waals surface area contributed by atoms with E-state index in [1.165, 1.54) is 53.0 Å². The van der Waals surface area contributed by atoms with Gasteiger partial charge in [-0.05, 0) is 98.2 Å². The van der Waals surface area contributed by atoms with E-state index in [4.69, 9.17) is 23.2 Å². The van der Waals surface area contributed by atoms with Gasteiger partial charge in [0, 0.05) is 50.3 Å². The molecule has 1 saturated carbocycles. The third kappa shape index (κ3) is 9.58. The van der Waals surface area contributed by atoms with Gasteiger partial charge in [-0.25, -0.2) is 5.01 Å². The lowest BCUT2D eigenvalue weighted by Crippen LogP contribution is -2.46. The summed E-state index contributed by atoms with van der Waals surface area (Å²) in [4.78, 5) is 8.52. The Balaban J connectivity index is 0.000000200. The normalized spacial score (nSPS) is 16.7. The highest BCUT2D eigenvalue weighted by Gasteiger charge is 2.25. The second kappa shape index (κ2) is 17.6. The van der Waals surface area contributed by atoms with Crippen molar-refractivity contribution in [1.82, 2.24) is 20.0 Å². The largest absolute Gasteiger partial charge is 0.368 e. The van der Waals surface area contributed by atoms with Gasteiger partial charge in [-0.3, -0.25) is 4.90 Å². The molecular weight excluding hydrogens is 651 g/mol. The topological polar surface area (TPSA) is 56.0 Å². The first-order valence-corrected chi connectivity index (χ1v) is 18.3. The van der Waals surface area contributed by atoms with Crippen LogP contribution in [0.4, 0.5) is 17.1 Å². The Labute approximate surface area is 302 Å². The van der Waals surface area contributed by atoms with Crippen LogP contribution in [0.3, 0.4) is 0 Å². The summed E-state index contributed by atoms with van der Waals surface area (Å²) in [5.41, 5.74) is 6.47. The number of aryl methyl sites for hydroxylation is 2. The number of nitrogens with zero attached hydrogens (tertiary/aromatic N) is 8. The highest BCUT2D eigenvalue weighted by Crippen LogP contribution is 2.36. The second-order valence-electron chi connectivity index (χ2n) is 12.8. The molecule has 1 aromatic heterocycles. The van der Waals surface area contributed by atoms with E-state index < -0.39 is 0 Å². The molecule has 3 aliphatic rings. The van der Waals surface area contributed by atoms with Crippen LogP contribution in [-0.2, 0) is 13.5 Å². The van der Waals surface area contributed by atoms with Crippen molar-refractivity contribution in [2.45, 2.75) is 71.3 Å². The Morgan fingerprint density at radius 3 is 1.82 bits per heavy atom. The lowest BCUT2D eigenvalue weighted by Gasteiger charge is -2.37. The summed E-state index contributed by atoms with van der Waals surface area (Å²) in [6.45, 7) is 14.9. The number of halogens is 2. The van der Waals surface area contributed by atoms with Crippen LogP contribution in [0.2, 0.25) is 10.0 Å². The van der Waals surface area contributed by atoms with Crippen LogP contribution in [0.5, 0.6) is 0 Å². The molecule has 0 bridgehead atoms. The van der Waals surface area contributed by atoms with Crippen molar-refractivity contribution in [3.05, 3.63) is 113 Å². The van der Waals surface area contributed by atoms with Gasteiger partial charge in [-0.2, -0.15) is 20.1 Å². The molecule has 0 radical (unpaired) electrons. The van der Waals surface area contributed by atoms with Crippen LogP contribution in [0.1, 0.15) is 69.9 Å². The van der Waals surface area contributed by atoms with Gasteiger partial charge in [0.25, 0.3) is 0 Å². The number of rotatable bonds is 7. The van der Waals surface area contributed by atoms with E-state index in [9.17, 15) is 0 Å². The molecule has 0 amide bonds. The molecule has 3 heterocycles. The van der Waals surface area contributed by atoms with Crippen LogP contribution in [0.25, 0.3) is 0 Å². The third-order valence-corrected chi connectivity index (χ3v) is 10.4. The predicted molar refractivity (Wildman–Crippen MR) is 207 cm³/mol. The molecule has 3 aromatic carbocycles. The number of piperazine rings is 1. The Bertz CT molecular complexity index is 1620. The first-order chi connectivity index (χ1) is 23.8. The third-order valence-electron chi connectivity index (χ3n) is 9.63. The van der Waals surface area contributed by atoms with E-state index >= 15 is 0 Å². The van der Waals surface area contributed by atoms with Crippen molar-refractivity contribution < 1.29 is 0 Å². The molecule has 1 aliphatic carbocycles. The molecule has 8 nitrogen and oxygen atoms in total. The van der Waals surface area contributed by atoms with Crippen LogP contribution in [-0.4, -0.2) is 58.6 Å². The van der Waals surface area contributed by atoms with E-state index in [1.54, 1.807) is 19.4 Å². The Hall–Kier alpha value is -4.01. The van der Waals surface area contributed by atoms with E-state index in [2.05, 4.69) is 112 Å². The summed E-state index contributed by atoms with van der Waals surface area (Å²) in [5.74, 6) is 1.63. The first-order valence-electron chi connectivity index (χ1n) is 17.5. The highest BCUT2D eigenvalue weighted by atomic mass is 35.5. The van der Waals surface area contributed by atoms with E-state index in [-0.39, 0.29) is 0 Å². The minimum absolute atomic E-state index is 0.354. The van der Waals surface area contributed by atoms with Crippen LogP contribution >= 0.6 is 23.2 Å². The standard InChI is InChI=1S/C25H33N5.C11H12Cl2.C3H5N3/c1-5-20(3)30-21(4)29(19-26-30)25-13-11-24(12-14-25)28-17-15-27(16-18-28)23-9-7-22(6-2)8-10-23;12-10-6-5-9(7-11(10)13)8-3-1-2-4-8;1-6-4-2-3-5-6/h7-14,19-20H,4-6,15-18H2,1-3H3;5-8H,1-4H2;2-3H,1H3. The summed E-state index contributed by atoms with van der Waals surface area (Å²) in [6, 6.07) is 24.2. The fraction of sp³-hybridized carbons (Fsp3) is 0.410. The van der Waals surface area contributed by atoms with Crippen molar-refractivity contribution in [3.63, 3.8) is 0 Å². The summed E-state index contributed by atoms with van der Waals surface area (Å²) in [7, 11) is 1.78. The van der Waals surface area contributed by atoms with Crippen molar-refractivity contribution in [2.24, 2.45) is 12.1 Å². The lowest BCUT2D eigenvalue weighted by molar-refractivity contribution is 0.286. The smallest absolute Gasteiger partial charge is 0.128 e. The monoisotopic (exact) mass is 700 g/mol. The highest BCUT2D eigenvalue weighted by molar-refractivity contribution is 6.42. The Kier molecular flexibility index (Phi) is 13.0. The van der Waals surface area contributed by atoms with Crippen LogP contribution < -0.4 is 14.7 Å². The summed E-state index contributed by atoms with van der Waals surface area (Å²) < 4.78 is 0. The fourth-order valence-corrected chi connectivity index (χ4v) is 6.71. The molecule has 0 spiro atoms. The molecule has 2 aliphatic heterocycles. The van der Waals surface area contributed by atoms with Gasteiger partial charge in [0.15, 0.2) is 0 Å². The average molecular weight is 702 g/mol. The molecule has 1 atom stereocenters. The van der Waals surface area contributed by atoms with E-state index in [1.807, 2.05) is 23.5 Å². The van der Waals surface area contributed by atoms with Gasteiger partial charge in [0.2, 0.25) is 0 Å². The SMILES string of the molecule is C=C1N(c2ccc(N3CCN(c4ccc(CC)cc4)CC3)cc2)C=NN1C(C)CC.Clc1ccc(C2CCCC2)cc1Cl.Cn1nccn1. The molecule has 1 unspecified atom stereocenters. The maximum atomic E-state index is 5.96. The van der Waals surface area contributed by atoms with Crippen molar-refractivity contribution in [3.8, 4) is 0 Å². The zero-order valence-corrected chi connectivity index (χ0v) is 30.9. The van der Waals surface area contributed by atoms with Crippen LogP contribution in [0, 0.1) is 0 Å². The molecule has 1 saturated heterocycles. The molecule has 10 heteroatoms. The minimum Gasteiger partial charge on any atom is -0.368 e. The van der Waals surface area contributed by atoms with Gasteiger partial charge in [-0.15, -0.1) is 0 Å². The Morgan fingerprint density at radius 2 is 1.33 bits per heavy atom. The number of hydrazone groups is 1. The van der Waals surface area contributed by atoms with Crippen LogP contribution in [0.15, 0.2) is 96.6 Å². The molecular formula is C39H50Cl2N8. The average Bonchev–Trinajstić information content (AvgIpc) is 3.94. The van der Waals surface area contributed by atoms with Gasteiger partial charge in [0.1, 0.15) is 12.2 Å². The summed E-state index contributed by atoms with van der Waals surface area (Å²) in [6.07, 6.45) is 12.6. The minimum atomic E-state index is 0.354. The number of aromatic nitrogens is 3. The zero-order valence-electron chi connectivity index (χ0n) is 29.3. The van der Waals surface area contributed by atoms with Crippen molar-refractivity contribution in [2.75, 3.05) is 40.9 Å². The zero-order chi connectivity index (χ0) is 34.8. The molecule has 49 heavy (non-hydrogen) atoms. The first kappa shape index (κ1) is 36.3. The molecule has 260 valence electrons. The summed E-state index contributed by atoms with van der Waals surface area (Å²) in [5, 5.41) is 15.3. The van der Waals surface area contributed by atoms with E-state index in [0.717, 1.165) is 56.4 Å². The van der Waals surface area contributed by atoms with Crippen molar-refractivity contribution in [1.29, 1.82) is 0 Å². The van der Waals surface area contributed by atoms with Gasteiger partial charge < -0.3 is 9.80 Å². The Morgan fingerprint density at radius 1 is 0.776 bits per heavy atom. The maximum Gasteiger partial charge on any atom is 0.128 e. The predicted octanol–water partition coefficient (Wildman–Crippen LogP) is 9.38. The van der Waals surface area contributed by atoms with Gasteiger partial charge in [-0.1, -0.05) is 74.7 Å². The number of hydrogen-bond donors (Lipinski definition) is 0. The van der Waals surface area contributed by atoms with Gasteiger partial charge in [0.05, 0.1) is 28.5 Å². The second-order valence-corrected chi connectivity index (χ2v) is 13.6. The molecule has 0 N–H and O–H groups in total. The number of hydrogen-bond acceptors (Lipinski definition) is 7. The molecule has 7 rings (SSSR count).